The van der Waals surface area contributed by atoms with Crippen LogP contribution in [-0.4, -0.2) is 11.8 Å². The molecule has 1 unspecified atom stereocenters. The van der Waals surface area contributed by atoms with E-state index in [-0.39, 0.29) is 5.88 Å². The third-order valence-corrected chi connectivity index (χ3v) is 1.57. The Kier molecular flexibility index (Phi) is 3.17. The highest BCUT2D eigenvalue weighted by Gasteiger charge is 2.29. The molecule has 0 saturated heterocycles. The zero-order valence-electron chi connectivity index (χ0n) is 5.72. The van der Waals surface area contributed by atoms with Crippen LogP contribution in [0.2, 0.25) is 0 Å². The van der Waals surface area contributed by atoms with E-state index in [1.807, 2.05) is 6.07 Å². The maximum atomic E-state index is 10.6. The lowest BCUT2D eigenvalue weighted by atomic mass is 9.89. The Bertz CT molecular complexity index is 175. The van der Waals surface area contributed by atoms with Crippen LogP contribution in [0.15, 0.2) is 0 Å². The van der Waals surface area contributed by atoms with Gasteiger partial charge < -0.3 is 5.73 Å². The lowest BCUT2D eigenvalue weighted by molar-refractivity contribution is -0.124. The van der Waals surface area contributed by atoms with Crippen LogP contribution in [0.5, 0.6) is 0 Å². The average Bonchev–Trinajstić information content (AvgIpc) is 1.88. The monoisotopic (exact) mass is 160 g/mol. The number of hydrogen-bond donors (Lipinski definition) is 1. The molecule has 0 spiro atoms. The van der Waals surface area contributed by atoms with Crippen molar-refractivity contribution >= 4 is 17.5 Å². The number of halogens is 1. The normalized spacial score (nSPS) is 15.3. The van der Waals surface area contributed by atoms with E-state index in [9.17, 15) is 4.79 Å². The molecule has 0 radical (unpaired) electrons. The Morgan fingerprint density at radius 3 is 2.50 bits per heavy atom. The number of nitrogens with zero attached hydrogens (tertiary/aromatic N) is 1. The van der Waals surface area contributed by atoms with Gasteiger partial charge in [-0.1, -0.05) is 0 Å². The molecule has 0 heterocycles. The fraction of sp³-hybridized carbons (Fsp3) is 0.667. The van der Waals surface area contributed by atoms with Crippen molar-refractivity contribution in [2.24, 2.45) is 11.1 Å². The summed E-state index contributed by atoms with van der Waals surface area (Å²) < 4.78 is 0. The lowest BCUT2D eigenvalue weighted by Gasteiger charge is -2.14. The molecule has 0 aliphatic carbocycles. The van der Waals surface area contributed by atoms with E-state index in [2.05, 4.69) is 0 Å². The van der Waals surface area contributed by atoms with Gasteiger partial charge in [0.05, 0.1) is 6.07 Å². The summed E-state index contributed by atoms with van der Waals surface area (Å²) in [6.07, 6.45) is 0.306. The molecule has 1 atom stereocenters. The topological polar surface area (TPSA) is 66.9 Å². The van der Waals surface area contributed by atoms with Gasteiger partial charge >= 0.3 is 0 Å². The van der Waals surface area contributed by atoms with Crippen LogP contribution in [0.25, 0.3) is 0 Å². The highest BCUT2D eigenvalue weighted by molar-refractivity contribution is 6.18. The van der Waals surface area contributed by atoms with E-state index in [1.165, 1.54) is 6.92 Å². The summed E-state index contributed by atoms with van der Waals surface area (Å²) >= 11 is 5.35. The number of alkyl halides is 1. The Hall–Kier alpha value is -0.750. The summed E-state index contributed by atoms with van der Waals surface area (Å²) in [7, 11) is 0. The Labute approximate surface area is 64.8 Å². The molecule has 1 amide bonds. The minimum atomic E-state index is -1.10. The third-order valence-electron chi connectivity index (χ3n) is 1.39. The second-order valence-corrected chi connectivity index (χ2v) is 2.63. The summed E-state index contributed by atoms with van der Waals surface area (Å²) in [6, 6.07) is 1.82. The summed E-state index contributed by atoms with van der Waals surface area (Å²) in [4.78, 5) is 10.6. The lowest BCUT2D eigenvalue weighted by Crippen LogP contribution is -2.33. The van der Waals surface area contributed by atoms with Crippen LogP contribution in [0.3, 0.4) is 0 Å². The van der Waals surface area contributed by atoms with Gasteiger partial charge in [-0.05, 0) is 13.3 Å². The van der Waals surface area contributed by atoms with Crippen LogP contribution in [0, 0.1) is 16.7 Å². The maximum absolute atomic E-state index is 10.6. The second-order valence-electron chi connectivity index (χ2n) is 2.25. The molecule has 56 valence electrons. The minimum absolute atomic E-state index is 0.271. The highest BCUT2D eigenvalue weighted by Crippen LogP contribution is 2.19. The number of rotatable bonds is 3. The number of nitriles is 1. The molecule has 0 rings (SSSR count). The van der Waals surface area contributed by atoms with Crippen LogP contribution in [-0.2, 0) is 4.79 Å². The van der Waals surface area contributed by atoms with Crippen LogP contribution in [0.1, 0.15) is 13.3 Å². The van der Waals surface area contributed by atoms with Crippen molar-refractivity contribution in [1.29, 1.82) is 5.26 Å². The van der Waals surface area contributed by atoms with Crippen molar-refractivity contribution in [2.75, 3.05) is 5.88 Å². The molecular weight excluding hydrogens is 152 g/mol. The zero-order chi connectivity index (χ0) is 8.20. The Morgan fingerprint density at radius 1 is 1.90 bits per heavy atom. The maximum Gasteiger partial charge on any atom is 0.237 e. The van der Waals surface area contributed by atoms with Gasteiger partial charge in [0.2, 0.25) is 5.91 Å². The molecule has 2 N–H and O–H groups in total. The predicted molar refractivity (Wildman–Crippen MR) is 38.3 cm³/mol. The fourth-order valence-corrected chi connectivity index (χ4v) is 0.801. The molecule has 0 aromatic heterocycles. The van der Waals surface area contributed by atoms with Crippen molar-refractivity contribution in [3.8, 4) is 6.07 Å². The van der Waals surface area contributed by atoms with E-state index in [1.54, 1.807) is 0 Å². The molecule has 0 bridgehead atoms. The predicted octanol–water partition coefficient (Wildman–Crippen LogP) is 0.630. The first-order valence-corrected chi connectivity index (χ1v) is 3.37. The average molecular weight is 161 g/mol. The van der Waals surface area contributed by atoms with Crippen molar-refractivity contribution in [1.82, 2.24) is 0 Å². The highest BCUT2D eigenvalue weighted by atomic mass is 35.5. The summed E-state index contributed by atoms with van der Waals surface area (Å²) in [6.45, 7) is 1.48. The van der Waals surface area contributed by atoms with Gasteiger partial charge in [0, 0.05) is 5.88 Å². The van der Waals surface area contributed by atoms with E-state index < -0.39 is 11.3 Å². The SMILES string of the molecule is CC(C#N)(CCCl)C(N)=O. The summed E-state index contributed by atoms with van der Waals surface area (Å²) in [5, 5.41) is 8.48. The number of nitrogens with two attached hydrogens (primary N) is 1. The Morgan fingerprint density at radius 2 is 2.40 bits per heavy atom. The number of carbonyl (C=O) groups is 1. The zero-order valence-corrected chi connectivity index (χ0v) is 6.48. The molecule has 4 heteroatoms. The van der Waals surface area contributed by atoms with Gasteiger partial charge in [0.15, 0.2) is 0 Å². The number of amides is 1. The van der Waals surface area contributed by atoms with Gasteiger partial charge in [-0.3, -0.25) is 4.79 Å². The molecule has 10 heavy (non-hydrogen) atoms. The largest absolute Gasteiger partial charge is 0.368 e. The molecule has 0 fully saturated rings. The smallest absolute Gasteiger partial charge is 0.237 e. The van der Waals surface area contributed by atoms with Crippen LogP contribution < -0.4 is 5.73 Å². The van der Waals surface area contributed by atoms with E-state index in [0.29, 0.717) is 6.42 Å². The van der Waals surface area contributed by atoms with Gasteiger partial charge in [0.25, 0.3) is 0 Å². The minimum Gasteiger partial charge on any atom is -0.368 e. The number of carbonyl (C=O) groups excluding carboxylic acids is 1. The molecule has 0 aromatic rings. The van der Waals surface area contributed by atoms with Crippen molar-refractivity contribution in [2.45, 2.75) is 13.3 Å². The van der Waals surface area contributed by atoms with Crippen molar-refractivity contribution in [3.63, 3.8) is 0 Å². The molecule has 0 saturated carbocycles. The van der Waals surface area contributed by atoms with Gasteiger partial charge in [0.1, 0.15) is 5.41 Å². The molecule has 0 aromatic carbocycles. The number of hydrogen-bond acceptors (Lipinski definition) is 2. The second kappa shape index (κ2) is 3.43. The summed E-state index contributed by atoms with van der Waals surface area (Å²) in [5.74, 6) is -0.344. The van der Waals surface area contributed by atoms with Gasteiger partial charge in [-0.25, -0.2) is 0 Å². The first kappa shape index (κ1) is 9.25. The standard InChI is InChI=1S/C6H9ClN2O/c1-6(4-8,2-3-7)5(9)10/h2-3H2,1H3,(H2,9,10). The van der Waals surface area contributed by atoms with E-state index in [0.717, 1.165) is 0 Å². The van der Waals surface area contributed by atoms with Crippen molar-refractivity contribution in [3.05, 3.63) is 0 Å². The van der Waals surface area contributed by atoms with Gasteiger partial charge in [-0.2, -0.15) is 5.26 Å². The molecule has 0 aliphatic heterocycles. The fourth-order valence-electron chi connectivity index (χ4n) is 0.423. The van der Waals surface area contributed by atoms with Gasteiger partial charge in [-0.15, -0.1) is 11.6 Å². The van der Waals surface area contributed by atoms with E-state index >= 15 is 0 Å². The molecule has 0 aliphatic rings. The molecule has 3 nitrogen and oxygen atoms in total. The van der Waals surface area contributed by atoms with E-state index in [4.69, 9.17) is 22.6 Å². The van der Waals surface area contributed by atoms with Crippen LogP contribution in [0.4, 0.5) is 0 Å². The Balaban J connectivity index is 4.27. The first-order chi connectivity index (χ1) is 4.56. The number of primary amides is 1. The quantitative estimate of drug-likeness (QED) is 0.616. The third kappa shape index (κ3) is 1.89. The molecular formula is C6H9ClN2O. The van der Waals surface area contributed by atoms with Crippen molar-refractivity contribution < 1.29 is 4.79 Å². The summed E-state index contributed by atoms with van der Waals surface area (Å²) in [5.41, 5.74) is 3.85. The first-order valence-electron chi connectivity index (χ1n) is 2.84. The van der Waals surface area contributed by atoms with Crippen LogP contribution >= 0.6 is 11.6 Å².